The molecule has 1 heterocycles. The molecule has 0 saturated carbocycles. The first kappa shape index (κ1) is 16.1. The summed E-state index contributed by atoms with van der Waals surface area (Å²) in [4.78, 5) is 13.4. The van der Waals surface area contributed by atoms with Crippen molar-refractivity contribution in [1.29, 1.82) is 0 Å². The molecule has 0 fully saturated rings. The molecule has 22 heavy (non-hydrogen) atoms. The molecule has 1 aromatic heterocycles. The lowest BCUT2D eigenvalue weighted by Crippen LogP contribution is -2.44. The molecule has 0 radical (unpaired) electrons. The van der Waals surface area contributed by atoms with Crippen LogP contribution in [0, 0.1) is 12.7 Å². The Bertz CT molecular complexity index is 689. The van der Waals surface area contributed by atoms with Crippen LogP contribution in [0.5, 0.6) is 0 Å². The second kappa shape index (κ2) is 5.82. The van der Waals surface area contributed by atoms with Crippen molar-refractivity contribution >= 4 is 5.91 Å². The number of carbonyl (C=O) groups is 1. The van der Waals surface area contributed by atoms with Crippen molar-refractivity contribution < 1.29 is 9.18 Å². The van der Waals surface area contributed by atoms with Gasteiger partial charge >= 0.3 is 0 Å². The second-order valence-corrected chi connectivity index (χ2v) is 6.31. The fourth-order valence-electron chi connectivity index (χ4n) is 1.87. The quantitative estimate of drug-likeness (QED) is 0.944. The summed E-state index contributed by atoms with van der Waals surface area (Å²) in [5, 5.41) is 14.9. The van der Waals surface area contributed by atoms with Crippen LogP contribution in [0.1, 0.15) is 39.3 Å². The van der Waals surface area contributed by atoms with E-state index in [9.17, 15) is 9.18 Å². The Hall–Kier alpha value is -2.31. The predicted molar refractivity (Wildman–Crippen MR) is 80.6 cm³/mol. The van der Waals surface area contributed by atoms with E-state index in [1.54, 1.807) is 26.0 Å². The van der Waals surface area contributed by atoms with Crippen LogP contribution in [0.2, 0.25) is 0 Å². The van der Waals surface area contributed by atoms with E-state index in [-0.39, 0.29) is 17.3 Å². The molecule has 1 amide bonds. The van der Waals surface area contributed by atoms with Gasteiger partial charge in [0.2, 0.25) is 11.7 Å². The van der Waals surface area contributed by atoms with E-state index in [1.165, 1.54) is 10.9 Å². The maximum Gasteiger partial charge on any atom is 0.246 e. The van der Waals surface area contributed by atoms with E-state index in [2.05, 4.69) is 20.7 Å². The molecule has 1 N–H and O–H groups in total. The van der Waals surface area contributed by atoms with E-state index < -0.39 is 6.04 Å². The minimum absolute atomic E-state index is 0.188. The summed E-state index contributed by atoms with van der Waals surface area (Å²) in [5.41, 5.74) is 0.837. The van der Waals surface area contributed by atoms with Gasteiger partial charge in [0.25, 0.3) is 0 Å². The highest BCUT2D eigenvalue weighted by atomic mass is 19.1. The monoisotopic (exact) mass is 305 g/mol. The minimum atomic E-state index is -0.581. The summed E-state index contributed by atoms with van der Waals surface area (Å²) in [6, 6.07) is 4.02. The summed E-state index contributed by atoms with van der Waals surface area (Å²) in [5.74, 6) is -0.112. The van der Waals surface area contributed by atoms with Gasteiger partial charge in [-0.3, -0.25) is 4.79 Å². The Morgan fingerprint density at radius 3 is 2.64 bits per heavy atom. The standard InChI is InChI=1S/C15H20FN5O/c1-9-8-11(6-7-12(9)16)13-18-20-21(19-13)10(2)14(22)17-15(3,4)5/h6-8,10H,1-5H3,(H,17,22). The molecular formula is C15H20FN5O. The third-order valence-corrected chi connectivity index (χ3v) is 3.07. The minimum Gasteiger partial charge on any atom is -0.350 e. The Morgan fingerprint density at radius 1 is 1.36 bits per heavy atom. The van der Waals surface area contributed by atoms with Gasteiger partial charge in [-0.15, -0.1) is 10.2 Å². The van der Waals surface area contributed by atoms with Gasteiger partial charge in [0.15, 0.2) is 0 Å². The molecule has 6 nitrogen and oxygen atoms in total. The van der Waals surface area contributed by atoms with Crippen LogP contribution in [-0.2, 0) is 4.79 Å². The smallest absolute Gasteiger partial charge is 0.246 e. The van der Waals surface area contributed by atoms with Crippen LogP contribution in [0.3, 0.4) is 0 Å². The van der Waals surface area contributed by atoms with E-state index in [4.69, 9.17) is 0 Å². The third-order valence-electron chi connectivity index (χ3n) is 3.07. The van der Waals surface area contributed by atoms with E-state index >= 15 is 0 Å². The van der Waals surface area contributed by atoms with Crippen molar-refractivity contribution in [2.75, 3.05) is 0 Å². The first-order valence-electron chi connectivity index (χ1n) is 7.05. The average molecular weight is 305 g/mol. The molecule has 0 saturated heterocycles. The molecule has 0 aliphatic heterocycles. The lowest BCUT2D eigenvalue weighted by Gasteiger charge is -2.22. The number of hydrogen-bond donors (Lipinski definition) is 1. The van der Waals surface area contributed by atoms with E-state index in [0.29, 0.717) is 17.0 Å². The summed E-state index contributed by atoms with van der Waals surface area (Å²) >= 11 is 0. The average Bonchev–Trinajstić information content (AvgIpc) is 2.88. The van der Waals surface area contributed by atoms with Crippen LogP contribution in [0.4, 0.5) is 4.39 Å². The zero-order valence-electron chi connectivity index (χ0n) is 13.4. The van der Waals surface area contributed by atoms with Gasteiger partial charge < -0.3 is 5.32 Å². The lowest BCUT2D eigenvalue weighted by molar-refractivity contribution is -0.125. The van der Waals surface area contributed by atoms with Gasteiger partial charge in [-0.05, 0) is 63.6 Å². The first-order valence-corrected chi connectivity index (χ1v) is 7.05. The third kappa shape index (κ3) is 3.66. The Labute approximate surface area is 128 Å². The van der Waals surface area contributed by atoms with Crippen LogP contribution >= 0.6 is 0 Å². The Balaban J connectivity index is 2.20. The Morgan fingerprint density at radius 2 is 2.05 bits per heavy atom. The van der Waals surface area contributed by atoms with Gasteiger partial charge in [0.1, 0.15) is 11.9 Å². The van der Waals surface area contributed by atoms with E-state index in [1.807, 2.05) is 20.8 Å². The number of halogens is 1. The molecule has 2 rings (SSSR count). The number of aryl methyl sites for hydroxylation is 1. The molecule has 2 aromatic rings. The van der Waals surface area contributed by atoms with Crippen LogP contribution in [0.25, 0.3) is 11.4 Å². The lowest BCUT2D eigenvalue weighted by atomic mass is 10.1. The molecule has 1 aromatic carbocycles. The zero-order chi connectivity index (χ0) is 16.5. The fourth-order valence-corrected chi connectivity index (χ4v) is 1.87. The largest absolute Gasteiger partial charge is 0.350 e. The maximum atomic E-state index is 13.3. The molecule has 1 atom stereocenters. The topological polar surface area (TPSA) is 72.7 Å². The maximum absolute atomic E-state index is 13.3. The SMILES string of the molecule is Cc1cc(-c2nnn(C(C)C(=O)NC(C)(C)C)n2)ccc1F. The number of carbonyl (C=O) groups excluding carboxylic acids is 1. The highest BCUT2D eigenvalue weighted by molar-refractivity contribution is 5.80. The van der Waals surface area contributed by atoms with Crippen molar-refractivity contribution in [3.05, 3.63) is 29.6 Å². The number of nitrogens with zero attached hydrogens (tertiary/aromatic N) is 4. The molecular weight excluding hydrogens is 285 g/mol. The molecule has 0 spiro atoms. The number of tetrazole rings is 1. The highest BCUT2D eigenvalue weighted by Crippen LogP contribution is 2.18. The van der Waals surface area contributed by atoms with Crippen molar-refractivity contribution in [2.45, 2.75) is 46.2 Å². The summed E-state index contributed by atoms with van der Waals surface area (Å²) in [6.45, 7) is 9.07. The summed E-state index contributed by atoms with van der Waals surface area (Å²) in [7, 11) is 0. The number of aromatic nitrogens is 4. The van der Waals surface area contributed by atoms with Crippen molar-refractivity contribution in [3.63, 3.8) is 0 Å². The first-order chi connectivity index (χ1) is 10.2. The Kier molecular flexibility index (Phi) is 4.25. The number of nitrogens with one attached hydrogen (secondary N) is 1. The normalized spacial score (nSPS) is 13.0. The van der Waals surface area contributed by atoms with Gasteiger partial charge in [-0.1, -0.05) is 0 Å². The number of hydrogen-bond acceptors (Lipinski definition) is 4. The molecule has 118 valence electrons. The van der Waals surface area contributed by atoms with Crippen molar-refractivity contribution in [1.82, 2.24) is 25.5 Å². The number of benzene rings is 1. The van der Waals surface area contributed by atoms with Crippen molar-refractivity contribution in [3.8, 4) is 11.4 Å². The molecule has 1 unspecified atom stereocenters. The van der Waals surface area contributed by atoms with Crippen LogP contribution < -0.4 is 5.32 Å². The zero-order valence-corrected chi connectivity index (χ0v) is 13.4. The molecule has 0 bridgehead atoms. The van der Waals surface area contributed by atoms with Gasteiger partial charge in [0.05, 0.1) is 0 Å². The van der Waals surface area contributed by atoms with Gasteiger partial charge in [-0.25, -0.2) is 4.39 Å². The van der Waals surface area contributed by atoms with Crippen LogP contribution in [0.15, 0.2) is 18.2 Å². The fraction of sp³-hybridized carbons (Fsp3) is 0.467. The van der Waals surface area contributed by atoms with Gasteiger partial charge in [0, 0.05) is 11.1 Å². The van der Waals surface area contributed by atoms with Crippen LogP contribution in [-0.4, -0.2) is 31.7 Å². The van der Waals surface area contributed by atoms with Crippen molar-refractivity contribution in [2.24, 2.45) is 0 Å². The van der Waals surface area contributed by atoms with Gasteiger partial charge in [-0.2, -0.15) is 4.80 Å². The number of amides is 1. The highest BCUT2D eigenvalue weighted by Gasteiger charge is 2.22. The summed E-state index contributed by atoms with van der Waals surface area (Å²) in [6.07, 6.45) is 0. The van der Waals surface area contributed by atoms with E-state index in [0.717, 1.165) is 0 Å². The second-order valence-electron chi connectivity index (χ2n) is 6.31. The number of rotatable bonds is 3. The molecule has 7 heteroatoms. The summed E-state index contributed by atoms with van der Waals surface area (Å²) < 4.78 is 13.3. The predicted octanol–water partition coefficient (Wildman–Crippen LogP) is 2.26. The molecule has 0 aliphatic rings. The molecule has 0 aliphatic carbocycles.